The van der Waals surface area contributed by atoms with Gasteiger partial charge in [0.2, 0.25) is 0 Å². The van der Waals surface area contributed by atoms with Crippen molar-refractivity contribution in [2.45, 2.75) is 32.6 Å². The minimum Gasteiger partial charge on any atom is -0.468 e. The molecule has 72 valence electrons. The molecule has 0 aromatic carbocycles. The van der Waals surface area contributed by atoms with Gasteiger partial charge in [-0.1, -0.05) is 19.8 Å². The van der Waals surface area contributed by atoms with E-state index in [0.717, 1.165) is 25.7 Å². The van der Waals surface area contributed by atoms with Crippen molar-refractivity contribution in [3.8, 4) is 6.07 Å². The molecule has 0 heterocycles. The first-order valence-electron chi connectivity index (χ1n) is 4.61. The summed E-state index contributed by atoms with van der Waals surface area (Å²) < 4.78 is 4.62. The molecule has 0 saturated heterocycles. The van der Waals surface area contributed by atoms with Crippen molar-refractivity contribution in [2.24, 2.45) is 11.3 Å². The average Bonchev–Trinajstić information content (AvgIpc) is 2.53. The third kappa shape index (κ3) is 1.82. The number of rotatable bonds is 2. The van der Waals surface area contributed by atoms with E-state index >= 15 is 0 Å². The van der Waals surface area contributed by atoms with Crippen LogP contribution in [0.1, 0.15) is 32.6 Å². The zero-order valence-electron chi connectivity index (χ0n) is 8.17. The molecule has 1 fully saturated rings. The SMILES string of the molecule is COC(=O)C(C#N)C1(C)CCCC1. The number of hydrogen-bond acceptors (Lipinski definition) is 3. The Hall–Kier alpha value is -1.04. The van der Waals surface area contributed by atoms with Crippen LogP contribution in [0, 0.1) is 22.7 Å². The van der Waals surface area contributed by atoms with Crippen LogP contribution in [-0.2, 0) is 9.53 Å². The Bertz CT molecular complexity index is 236. The van der Waals surface area contributed by atoms with E-state index < -0.39 is 5.92 Å². The molecule has 0 N–H and O–H groups in total. The smallest absolute Gasteiger partial charge is 0.323 e. The highest BCUT2D eigenvalue weighted by atomic mass is 16.5. The van der Waals surface area contributed by atoms with Gasteiger partial charge >= 0.3 is 5.97 Å². The second kappa shape index (κ2) is 3.78. The Morgan fingerprint density at radius 3 is 2.46 bits per heavy atom. The molecule has 1 unspecified atom stereocenters. The van der Waals surface area contributed by atoms with Gasteiger partial charge in [0, 0.05) is 0 Å². The summed E-state index contributed by atoms with van der Waals surface area (Å²) in [7, 11) is 1.34. The fourth-order valence-electron chi connectivity index (χ4n) is 2.08. The molecule has 0 amide bonds. The lowest BCUT2D eigenvalue weighted by Gasteiger charge is -2.26. The Kier molecular flexibility index (Phi) is 2.92. The van der Waals surface area contributed by atoms with Gasteiger partial charge in [0.05, 0.1) is 13.2 Å². The lowest BCUT2D eigenvalue weighted by Crippen LogP contribution is -2.30. The third-order valence-corrected chi connectivity index (χ3v) is 3.01. The fourth-order valence-corrected chi connectivity index (χ4v) is 2.08. The fraction of sp³-hybridized carbons (Fsp3) is 0.800. The molecule has 1 rings (SSSR count). The predicted octanol–water partition coefficient (Wildman–Crippen LogP) is 1.88. The van der Waals surface area contributed by atoms with Crippen molar-refractivity contribution in [1.82, 2.24) is 0 Å². The minimum atomic E-state index is -0.583. The van der Waals surface area contributed by atoms with Gasteiger partial charge in [0.15, 0.2) is 0 Å². The molecule has 1 aliphatic carbocycles. The summed E-state index contributed by atoms with van der Waals surface area (Å²) >= 11 is 0. The molecule has 13 heavy (non-hydrogen) atoms. The second-order valence-electron chi connectivity index (χ2n) is 3.95. The van der Waals surface area contributed by atoms with Crippen LogP contribution in [0.3, 0.4) is 0 Å². The van der Waals surface area contributed by atoms with Crippen LogP contribution in [0.2, 0.25) is 0 Å². The van der Waals surface area contributed by atoms with Crippen LogP contribution in [-0.4, -0.2) is 13.1 Å². The van der Waals surface area contributed by atoms with Crippen molar-refractivity contribution in [3.05, 3.63) is 0 Å². The largest absolute Gasteiger partial charge is 0.468 e. The third-order valence-electron chi connectivity index (χ3n) is 3.01. The van der Waals surface area contributed by atoms with E-state index in [1.165, 1.54) is 7.11 Å². The number of carbonyl (C=O) groups is 1. The monoisotopic (exact) mass is 181 g/mol. The van der Waals surface area contributed by atoms with E-state index in [2.05, 4.69) is 10.8 Å². The quantitative estimate of drug-likeness (QED) is 0.611. The van der Waals surface area contributed by atoms with Crippen molar-refractivity contribution in [3.63, 3.8) is 0 Å². The highest BCUT2D eigenvalue weighted by Crippen LogP contribution is 2.44. The van der Waals surface area contributed by atoms with Gasteiger partial charge in [0.25, 0.3) is 0 Å². The summed E-state index contributed by atoms with van der Waals surface area (Å²) in [5, 5.41) is 8.90. The zero-order chi connectivity index (χ0) is 9.90. The first kappa shape index (κ1) is 10.0. The Morgan fingerprint density at radius 2 is 2.08 bits per heavy atom. The van der Waals surface area contributed by atoms with Crippen LogP contribution < -0.4 is 0 Å². The standard InChI is InChI=1S/C10H15NO2/c1-10(5-3-4-6-10)8(7-11)9(12)13-2/h8H,3-6H2,1-2H3. The van der Waals surface area contributed by atoms with Gasteiger partial charge < -0.3 is 4.74 Å². The molecule has 0 aliphatic heterocycles. The van der Waals surface area contributed by atoms with Gasteiger partial charge in [-0.15, -0.1) is 0 Å². The normalized spacial score (nSPS) is 21.9. The van der Waals surface area contributed by atoms with Gasteiger partial charge in [-0.2, -0.15) is 5.26 Å². The van der Waals surface area contributed by atoms with Crippen LogP contribution in [0.5, 0.6) is 0 Å². The number of nitrogens with zero attached hydrogens (tertiary/aromatic N) is 1. The van der Waals surface area contributed by atoms with E-state index in [9.17, 15) is 4.79 Å². The van der Waals surface area contributed by atoms with E-state index in [1.54, 1.807) is 0 Å². The zero-order valence-corrected chi connectivity index (χ0v) is 8.17. The van der Waals surface area contributed by atoms with Gasteiger partial charge in [-0.05, 0) is 18.3 Å². The summed E-state index contributed by atoms with van der Waals surface area (Å²) in [6.45, 7) is 2.00. The lowest BCUT2D eigenvalue weighted by molar-refractivity contribution is -0.147. The highest BCUT2D eigenvalue weighted by molar-refractivity contribution is 5.76. The number of ether oxygens (including phenoxy) is 1. The minimum absolute atomic E-state index is 0.151. The van der Waals surface area contributed by atoms with Crippen LogP contribution in [0.15, 0.2) is 0 Å². The van der Waals surface area contributed by atoms with Crippen molar-refractivity contribution < 1.29 is 9.53 Å². The molecule has 0 radical (unpaired) electrons. The molecule has 1 aliphatic rings. The predicted molar refractivity (Wildman–Crippen MR) is 47.7 cm³/mol. The van der Waals surface area contributed by atoms with Crippen LogP contribution >= 0.6 is 0 Å². The maximum Gasteiger partial charge on any atom is 0.323 e. The molecule has 3 nitrogen and oxygen atoms in total. The number of hydrogen-bond donors (Lipinski definition) is 0. The molecule has 1 atom stereocenters. The summed E-state index contributed by atoms with van der Waals surface area (Å²) in [6, 6.07) is 2.06. The maximum atomic E-state index is 11.3. The van der Waals surface area contributed by atoms with Gasteiger partial charge in [-0.3, -0.25) is 4.79 Å². The maximum absolute atomic E-state index is 11.3. The number of carbonyl (C=O) groups excluding carboxylic acids is 1. The van der Waals surface area contributed by atoms with Crippen LogP contribution in [0.4, 0.5) is 0 Å². The molecule has 1 saturated carbocycles. The Morgan fingerprint density at radius 1 is 1.54 bits per heavy atom. The Balaban J connectivity index is 2.77. The first-order chi connectivity index (χ1) is 6.14. The lowest BCUT2D eigenvalue weighted by atomic mass is 9.76. The van der Waals surface area contributed by atoms with E-state index in [-0.39, 0.29) is 11.4 Å². The van der Waals surface area contributed by atoms with Crippen molar-refractivity contribution in [2.75, 3.05) is 7.11 Å². The van der Waals surface area contributed by atoms with Crippen molar-refractivity contribution in [1.29, 1.82) is 5.26 Å². The number of esters is 1. The second-order valence-corrected chi connectivity index (χ2v) is 3.95. The number of nitriles is 1. The van der Waals surface area contributed by atoms with E-state index in [1.807, 2.05) is 6.92 Å². The molecule has 3 heteroatoms. The molecule has 0 aromatic heterocycles. The summed E-state index contributed by atoms with van der Waals surface area (Å²) in [5.74, 6) is -0.966. The topological polar surface area (TPSA) is 50.1 Å². The number of methoxy groups -OCH3 is 1. The molecule has 0 spiro atoms. The Labute approximate surface area is 78.7 Å². The first-order valence-corrected chi connectivity index (χ1v) is 4.61. The van der Waals surface area contributed by atoms with E-state index in [0.29, 0.717) is 0 Å². The average molecular weight is 181 g/mol. The molecule has 0 bridgehead atoms. The summed E-state index contributed by atoms with van der Waals surface area (Å²) in [5.41, 5.74) is -0.151. The van der Waals surface area contributed by atoms with E-state index in [4.69, 9.17) is 5.26 Å². The molecule has 0 aromatic rings. The van der Waals surface area contributed by atoms with Gasteiger partial charge in [-0.25, -0.2) is 0 Å². The summed E-state index contributed by atoms with van der Waals surface area (Å²) in [6.07, 6.45) is 4.15. The van der Waals surface area contributed by atoms with Gasteiger partial charge in [0.1, 0.15) is 5.92 Å². The molecular formula is C10H15NO2. The van der Waals surface area contributed by atoms with Crippen molar-refractivity contribution >= 4 is 5.97 Å². The van der Waals surface area contributed by atoms with Crippen LogP contribution in [0.25, 0.3) is 0 Å². The molecular weight excluding hydrogens is 166 g/mol. The highest BCUT2D eigenvalue weighted by Gasteiger charge is 2.42. The summed E-state index contributed by atoms with van der Waals surface area (Å²) in [4.78, 5) is 11.3.